The maximum Gasteiger partial charge on any atom is 0.241 e. The third-order valence-corrected chi connectivity index (χ3v) is 5.01. The summed E-state index contributed by atoms with van der Waals surface area (Å²) in [6.07, 6.45) is 2.83. The van der Waals surface area contributed by atoms with E-state index in [4.69, 9.17) is 11.6 Å². The van der Waals surface area contributed by atoms with Gasteiger partial charge < -0.3 is 10.2 Å². The van der Waals surface area contributed by atoms with Gasteiger partial charge in [-0.15, -0.1) is 0 Å². The Hall–Kier alpha value is -1.59. The molecule has 0 aliphatic carbocycles. The molecule has 1 aromatic rings. The largest absolute Gasteiger partial charge is 0.358 e. The number of benzene rings is 1. The molecule has 2 atom stereocenters. The molecule has 5 nitrogen and oxygen atoms in total. The highest BCUT2D eigenvalue weighted by molar-refractivity contribution is 6.30. The zero-order chi connectivity index (χ0) is 16.4. The second-order valence-electron chi connectivity index (χ2n) is 6.14. The van der Waals surface area contributed by atoms with E-state index >= 15 is 0 Å². The first kappa shape index (κ1) is 16.3. The lowest BCUT2D eigenvalue weighted by Gasteiger charge is -2.38. The van der Waals surface area contributed by atoms with Crippen LogP contribution in [0.5, 0.6) is 0 Å². The molecular weight excluding hydrogens is 314 g/mol. The Bertz CT molecular complexity index is 586. The van der Waals surface area contributed by atoms with E-state index in [0.29, 0.717) is 5.02 Å². The van der Waals surface area contributed by atoms with Crippen LogP contribution in [0.3, 0.4) is 0 Å². The number of carbonyl (C=O) groups is 2. The number of amides is 2. The third kappa shape index (κ3) is 3.21. The van der Waals surface area contributed by atoms with Crippen LogP contribution in [0.15, 0.2) is 24.3 Å². The van der Waals surface area contributed by atoms with Gasteiger partial charge in [0.15, 0.2) is 0 Å². The molecule has 0 saturated carbocycles. The fourth-order valence-corrected chi connectivity index (χ4v) is 3.51. The van der Waals surface area contributed by atoms with Gasteiger partial charge in [0.05, 0.1) is 6.04 Å². The monoisotopic (exact) mass is 335 g/mol. The van der Waals surface area contributed by atoms with Gasteiger partial charge in [-0.3, -0.25) is 14.5 Å². The van der Waals surface area contributed by atoms with Crippen molar-refractivity contribution in [3.05, 3.63) is 34.9 Å². The Kier molecular flexibility index (Phi) is 4.87. The summed E-state index contributed by atoms with van der Waals surface area (Å²) in [5.74, 6) is 0.0762. The van der Waals surface area contributed by atoms with Crippen LogP contribution in [0.1, 0.15) is 30.9 Å². The van der Waals surface area contributed by atoms with E-state index in [-0.39, 0.29) is 17.9 Å². The zero-order valence-corrected chi connectivity index (χ0v) is 14.1. The summed E-state index contributed by atoms with van der Waals surface area (Å²) in [7, 11) is 1.63. The van der Waals surface area contributed by atoms with E-state index in [0.717, 1.165) is 44.5 Å². The van der Waals surface area contributed by atoms with Crippen molar-refractivity contribution in [1.82, 2.24) is 15.1 Å². The van der Waals surface area contributed by atoms with Crippen molar-refractivity contribution < 1.29 is 9.59 Å². The van der Waals surface area contributed by atoms with E-state index in [2.05, 4.69) is 5.32 Å². The topological polar surface area (TPSA) is 52.7 Å². The molecule has 1 N–H and O–H groups in total. The summed E-state index contributed by atoms with van der Waals surface area (Å²) in [4.78, 5) is 29.1. The fourth-order valence-electron chi connectivity index (χ4n) is 3.39. The van der Waals surface area contributed by atoms with Crippen molar-refractivity contribution in [2.45, 2.75) is 31.3 Å². The summed E-state index contributed by atoms with van der Waals surface area (Å²) < 4.78 is 0. The lowest BCUT2D eigenvalue weighted by molar-refractivity contribution is -0.141. The normalized spacial score (nSPS) is 22.5. The minimum atomic E-state index is -0.449. The first-order valence-electron chi connectivity index (χ1n) is 8.13. The van der Waals surface area contributed by atoms with Crippen LogP contribution in [0.4, 0.5) is 0 Å². The number of halogens is 1. The molecule has 1 aromatic carbocycles. The van der Waals surface area contributed by atoms with E-state index in [9.17, 15) is 9.59 Å². The molecule has 0 bridgehead atoms. The van der Waals surface area contributed by atoms with E-state index < -0.39 is 6.04 Å². The number of likely N-dealkylation sites (N-methyl/N-ethyl adjacent to an activating group) is 1. The number of rotatable bonds is 4. The van der Waals surface area contributed by atoms with Crippen LogP contribution in [-0.4, -0.2) is 54.3 Å². The standard InChI is InChI=1S/C17H22ClN3O2/c1-19-16(22)15(12-5-7-13(18)8-6-12)21-11-2-4-14(21)17(23)20-9-3-10-20/h5-8,14-15H,2-4,9-11H2,1H3,(H,19,22)/t14-,15+/m0/s1. The molecule has 0 radical (unpaired) electrons. The first-order valence-corrected chi connectivity index (χ1v) is 8.51. The third-order valence-electron chi connectivity index (χ3n) is 4.76. The molecule has 3 rings (SSSR count). The number of hydrogen-bond acceptors (Lipinski definition) is 3. The highest BCUT2D eigenvalue weighted by Crippen LogP contribution is 2.32. The van der Waals surface area contributed by atoms with E-state index in [1.54, 1.807) is 19.2 Å². The van der Waals surface area contributed by atoms with Crippen LogP contribution in [-0.2, 0) is 9.59 Å². The smallest absolute Gasteiger partial charge is 0.241 e. The number of nitrogens with zero attached hydrogens (tertiary/aromatic N) is 2. The molecule has 0 aromatic heterocycles. The van der Waals surface area contributed by atoms with Gasteiger partial charge in [-0.1, -0.05) is 23.7 Å². The molecule has 0 spiro atoms. The van der Waals surface area contributed by atoms with Gasteiger partial charge in [0.2, 0.25) is 11.8 Å². The Balaban J connectivity index is 1.87. The molecule has 0 unspecified atom stereocenters. The van der Waals surface area contributed by atoms with Crippen molar-refractivity contribution >= 4 is 23.4 Å². The average Bonchev–Trinajstić information content (AvgIpc) is 2.96. The lowest BCUT2D eigenvalue weighted by Crippen LogP contribution is -2.53. The summed E-state index contributed by atoms with van der Waals surface area (Å²) in [5, 5.41) is 3.37. The maximum atomic E-state index is 12.7. The molecule has 2 saturated heterocycles. The van der Waals surface area contributed by atoms with E-state index in [1.165, 1.54) is 0 Å². The summed E-state index contributed by atoms with van der Waals surface area (Å²) in [6, 6.07) is 6.66. The van der Waals surface area contributed by atoms with Gasteiger partial charge in [0.25, 0.3) is 0 Å². The number of carbonyl (C=O) groups excluding carboxylic acids is 2. The average molecular weight is 336 g/mol. The molecule has 23 heavy (non-hydrogen) atoms. The quantitative estimate of drug-likeness (QED) is 0.913. The minimum Gasteiger partial charge on any atom is -0.358 e. The van der Waals surface area contributed by atoms with Gasteiger partial charge >= 0.3 is 0 Å². The van der Waals surface area contributed by atoms with Crippen LogP contribution >= 0.6 is 11.6 Å². The Morgan fingerprint density at radius 2 is 1.87 bits per heavy atom. The van der Waals surface area contributed by atoms with Gasteiger partial charge in [-0.05, 0) is 37.0 Å². The van der Waals surface area contributed by atoms with Crippen LogP contribution < -0.4 is 5.32 Å². The molecule has 6 heteroatoms. The number of nitrogens with one attached hydrogen (secondary N) is 1. The zero-order valence-electron chi connectivity index (χ0n) is 13.3. The molecule has 124 valence electrons. The summed E-state index contributed by atoms with van der Waals surface area (Å²) >= 11 is 5.96. The van der Waals surface area contributed by atoms with Gasteiger partial charge in [-0.2, -0.15) is 0 Å². The molecule has 2 heterocycles. The minimum absolute atomic E-state index is 0.0874. The molecule has 2 aliphatic heterocycles. The predicted octanol–water partition coefficient (Wildman–Crippen LogP) is 1.82. The van der Waals surface area contributed by atoms with Crippen LogP contribution in [0, 0.1) is 0 Å². The second kappa shape index (κ2) is 6.89. The summed E-state index contributed by atoms with van der Waals surface area (Å²) in [5.41, 5.74) is 0.872. The van der Waals surface area contributed by atoms with Crippen LogP contribution in [0.25, 0.3) is 0 Å². The molecule has 2 amide bonds. The van der Waals surface area contributed by atoms with Crippen molar-refractivity contribution in [2.75, 3.05) is 26.7 Å². The predicted molar refractivity (Wildman–Crippen MR) is 89.2 cm³/mol. The van der Waals surface area contributed by atoms with Crippen molar-refractivity contribution in [1.29, 1.82) is 0 Å². The maximum absolute atomic E-state index is 12.7. The van der Waals surface area contributed by atoms with Gasteiger partial charge in [0, 0.05) is 31.7 Å². The Morgan fingerprint density at radius 3 is 2.43 bits per heavy atom. The second-order valence-corrected chi connectivity index (χ2v) is 6.58. The molecular formula is C17H22ClN3O2. The summed E-state index contributed by atoms with van der Waals surface area (Å²) in [6.45, 7) is 2.44. The Morgan fingerprint density at radius 1 is 1.17 bits per heavy atom. The Labute approximate surface area is 141 Å². The van der Waals surface area contributed by atoms with Crippen molar-refractivity contribution in [2.24, 2.45) is 0 Å². The fraction of sp³-hybridized carbons (Fsp3) is 0.529. The number of hydrogen-bond donors (Lipinski definition) is 1. The van der Waals surface area contributed by atoms with Crippen LogP contribution in [0.2, 0.25) is 5.02 Å². The van der Waals surface area contributed by atoms with Gasteiger partial charge in [-0.25, -0.2) is 0 Å². The SMILES string of the molecule is CNC(=O)[C@@H](c1ccc(Cl)cc1)N1CCC[C@H]1C(=O)N1CCC1. The highest BCUT2D eigenvalue weighted by atomic mass is 35.5. The lowest BCUT2D eigenvalue weighted by atomic mass is 10.0. The molecule has 2 aliphatic rings. The van der Waals surface area contributed by atoms with Gasteiger partial charge in [0.1, 0.15) is 6.04 Å². The van der Waals surface area contributed by atoms with E-state index in [1.807, 2.05) is 21.9 Å². The molecule has 2 fully saturated rings. The highest BCUT2D eigenvalue weighted by Gasteiger charge is 2.41. The van der Waals surface area contributed by atoms with Crippen molar-refractivity contribution in [3.8, 4) is 0 Å². The van der Waals surface area contributed by atoms with Crippen molar-refractivity contribution in [3.63, 3.8) is 0 Å². The number of likely N-dealkylation sites (tertiary alicyclic amines) is 2. The first-order chi connectivity index (χ1) is 11.1.